The first-order chi connectivity index (χ1) is 16.0. The van der Waals surface area contributed by atoms with Crippen molar-refractivity contribution in [2.24, 2.45) is 5.41 Å². The number of carboxylic acids is 1. The summed E-state index contributed by atoms with van der Waals surface area (Å²) in [4.78, 5) is 49.3. The number of benzene rings is 1. The van der Waals surface area contributed by atoms with Crippen LogP contribution >= 0.6 is 23.4 Å². The van der Waals surface area contributed by atoms with E-state index < -0.39 is 45.7 Å². The molecule has 2 heterocycles. The number of thioether (sulfide) groups is 1. The Labute approximate surface area is 207 Å². The lowest BCUT2D eigenvalue weighted by atomic mass is 9.82. The average molecular weight is 513 g/mol. The maximum atomic E-state index is 13.1. The molecule has 2 N–H and O–H groups in total. The zero-order valence-electron chi connectivity index (χ0n) is 19.3. The topological polar surface area (TPSA) is 122 Å². The number of rotatable bonds is 10. The highest BCUT2D eigenvalue weighted by molar-refractivity contribution is 8.00. The third kappa shape index (κ3) is 5.34. The van der Waals surface area contributed by atoms with Gasteiger partial charge in [0.25, 0.3) is 11.8 Å². The third-order valence-corrected chi connectivity index (χ3v) is 7.95. The van der Waals surface area contributed by atoms with Crippen LogP contribution in [0.15, 0.2) is 30.3 Å². The summed E-state index contributed by atoms with van der Waals surface area (Å²) >= 11 is 7.64. The molecule has 3 rings (SSSR count). The number of halogens is 1. The molecule has 1 aromatic carbocycles. The molecule has 0 aliphatic carbocycles. The van der Waals surface area contributed by atoms with Crippen molar-refractivity contribution in [3.63, 3.8) is 0 Å². The minimum Gasteiger partial charge on any atom is -0.484 e. The summed E-state index contributed by atoms with van der Waals surface area (Å²) in [6.45, 7) is 5.02. The van der Waals surface area contributed by atoms with Crippen molar-refractivity contribution < 1.29 is 33.8 Å². The van der Waals surface area contributed by atoms with Gasteiger partial charge in [-0.3, -0.25) is 19.3 Å². The van der Waals surface area contributed by atoms with Crippen molar-refractivity contribution in [2.75, 3.05) is 19.0 Å². The highest BCUT2D eigenvalue weighted by Crippen LogP contribution is 2.47. The van der Waals surface area contributed by atoms with Gasteiger partial charge in [0.1, 0.15) is 23.3 Å². The Morgan fingerprint density at radius 3 is 2.50 bits per heavy atom. The molecule has 2 aliphatic rings. The second-order valence-corrected chi connectivity index (χ2v) is 10.9. The summed E-state index contributed by atoms with van der Waals surface area (Å²) in [6.07, 6.45) is 0.912. The molecule has 34 heavy (non-hydrogen) atoms. The zero-order valence-corrected chi connectivity index (χ0v) is 20.9. The molecule has 2 saturated heterocycles. The number of nitrogens with zero attached hydrogens (tertiary/aromatic N) is 1. The van der Waals surface area contributed by atoms with Crippen LogP contribution in [0.1, 0.15) is 33.6 Å². The number of ether oxygens (including phenoxy) is 2. The van der Waals surface area contributed by atoms with Crippen molar-refractivity contribution in [1.82, 2.24) is 10.2 Å². The molecule has 1 aromatic rings. The van der Waals surface area contributed by atoms with Crippen LogP contribution < -0.4 is 10.1 Å². The molecule has 0 bridgehead atoms. The fourth-order valence-corrected chi connectivity index (χ4v) is 5.41. The summed E-state index contributed by atoms with van der Waals surface area (Å²) < 4.78 is 10.8. The molecule has 0 radical (unpaired) electrons. The van der Waals surface area contributed by atoms with E-state index in [1.54, 1.807) is 45.0 Å². The standard InChI is InChI=1S/C23H29ClN2O7S/c1-22(2,3)23(24,21(30)31)26-19(29)18(20(26)34-13-15(27)16-10-7-11-32-16)25-17(28)12-33-14-8-5-4-6-9-14/h4-6,8-9,16,18,20H,7,10-13H2,1-3H3,(H,25,28)(H,30,31)/t16-,18-,20-,23+/m1/s1. The molecule has 0 saturated carbocycles. The monoisotopic (exact) mass is 512 g/mol. The maximum absolute atomic E-state index is 13.1. The summed E-state index contributed by atoms with van der Waals surface area (Å²) in [5.74, 6) is -2.24. The average Bonchev–Trinajstić information content (AvgIpc) is 3.33. The van der Waals surface area contributed by atoms with Gasteiger partial charge >= 0.3 is 5.97 Å². The van der Waals surface area contributed by atoms with Crippen LogP contribution in [-0.2, 0) is 23.9 Å². The Morgan fingerprint density at radius 1 is 1.26 bits per heavy atom. The third-order valence-electron chi connectivity index (χ3n) is 5.77. The molecule has 0 unspecified atom stereocenters. The number of amides is 2. The van der Waals surface area contributed by atoms with E-state index in [0.29, 0.717) is 18.8 Å². The van der Waals surface area contributed by atoms with E-state index in [2.05, 4.69) is 5.32 Å². The number of hydrogen-bond donors (Lipinski definition) is 2. The minimum atomic E-state index is -2.07. The van der Waals surface area contributed by atoms with Gasteiger partial charge in [-0.05, 0) is 25.0 Å². The summed E-state index contributed by atoms with van der Waals surface area (Å²) in [6, 6.07) is 7.67. The van der Waals surface area contributed by atoms with Crippen LogP contribution in [0.25, 0.3) is 0 Å². The molecular formula is C23H29ClN2O7S. The van der Waals surface area contributed by atoms with Crippen molar-refractivity contribution >= 4 is 46.9 Å². The first-order valence-corrected chi connectivity index (χ1v) is 12.4. The summed E-state index contributed by atoms with van der Waals surface area (Å²) in [7, 11) is 0. The number of likely N-dealkylation sites (tertiary alicyclic amines) is 1. The SMILES string of the molecule is CC(C)(C)[C@](Cl)(C(=O)O)N1C(=O)[C@@H](NC(=O)COc2ccccc2)[C@H]1SCC(=O)[C@H]1CCCO1. The molecule has 2 aliphatic heterocycles. The molecule has 0 spiro atoms. The maximum Gasteiger partial charge on any atom is 0.346 e. The number of aliphatic carboxylic acids is 1. The molecule has 11 heteroatoms. The lowest BCUT2D eigenvalue weighted by Gasteiger charge is -2.56. The first kappa shape index (κ1) is 26.3. The number of carbonyl (C=O) groups is 4. The number of ketones is 1. The quantitative estimate of drug-likeness (QED) is 0.278. The molecule has 2 amide bonds. The summed E-state index contributed by atoms with van der Waals surface area (Å²) in [5, 5.41) is 11.7. The van der Waals surface area contributed by atoms with Gasteiger partial charge in [0.05, 0.1) is 5.75 Å². The summed E-state index contributed by atoms with van der Waals surface area (Å²) in [5.41, 5.74) is -1.04. The van der Waals surface area contributed by atoms with Gasteiger partial charge in [-0.2, -0.15) is 0 Å². The van der Waals surface area contributed by atoms with Gasteiger partial charge in [-0.15, -0.1) is 11.8 Å². The number of Topliss-reactive ketones (excluding diaryl/α,β-unsaturated/α-hetero) is 1. The molecule has 0 aromatic heterocycles. The van der Waals surface area contributed by atoms with Gasteiger partial charge in [-0.1, -0.05) is 50.6 Å². The van der Waals surface area contributed by atoms with E-state index in [1.165, 1.54) is 0 Å². The van der Waals surface area contributed by atoms with E-state index in [-0.39, 0.29) is 18.1 Å². The Balaban J connectivity index is 1.74. The van der Waals surface area contributed by atoms with E-state index in [0.717, 1.165) is 23.1 Å². The first-order valence-electron chi connectivity index (χ1n) is 11.0. The molecule has 4 atom stereocenters. The number of alkyl halides is 1. The second kappa shape index (κ2) is 10.5. The van der Waals surface area contributed by atoms with Crippen LogP contribution in [0.5, 0.6) is 5.75 Å². The minimum absolute atomic E-state index is 0.0112. The van der Waals surface area contributed by atoms with Gasteiger partial charge < -0.3 is 19.9 Å². The number of para-hydroxylation sites is 1. The van der Waals surface area contributed by atoms with Gasteiger partial charge in [0.2, 0.25) is 5.00 Å². The van der Waals surface area contributed by atoms with Gasteiger partial charge in [0, 0.05) is 12.0 Å². The lowest BCUT2D eigenvalue weighted by molar-refractivity contribution is -0.172. The molecule has 9 nitrogen and oxygen atoms in total. The second-order valence-electron chi connectivity index (χ2n) is 9.20. The predicted molar refractivity (Wildman–Crippen MR) is 127 cm³/mol. The predicted octanol–water partition coefficient (Wildman–Crippen LogP) is 2.27. The molecule has 186 valence electrons. The molecular weight excluding hydrogens is 484 g/mol. The highest BCUT2D eigenvalue weighted by Gasteiger charge is 2.64. The zero-order chi connectivity index (χ0) is 25.1. The Hall–Kier alpha value is -2.30. The van der Waals surface area contributed by atoms with Crippen molar-refractivity contribution in [3.05, 3.63) is 30.3 Å². The lowest BCUT2D eigenvalue weighted by Crippen LogP contribution is -2.78. The number of carbonyl (C=O) groups excluding carboxylic acids is 3. The van der Waals surface area contributed by atoms with E-state index >= 15 is 0 Å². The Morgan fingerprint density at radius 2 is 1.94 bits per heavy atom. The van der Waals surface area contributed by atoms with Crippen LogP contribution in [-0.4, -0.2) is 75.1 Å². The van der Waals surface area contributed by atoms with E-state index in [4.69, 9.17) is 21.1 Å². The smallest absolute Gasteiger partial charge is 0.346 e. The normalized spacial score (nSPS) is 24.2. The Bertz CT molecular complexity index is 933. The van der Waals surface area contributed by atoms with Crippen molar-refractivity contribution in [3.8, 4) is 5.75 Å². The highest BCUT2D eigenvalue weighted by atomic mass is 35.5. The number of hydrogen-bond acceptors (Lipinski definition) is 7. The van der Waals surface area contributed by atoms with Crippen LogP contribution in [0.2, 0.25) is 0 Å². The number of β-lactam (4-membered cyclic amide) rings is 1. The van der Waals surface area contributed by atoms with Gasteiger partial charge in [-0.25, -0.2) is 4.79 Å². The van der Waals surface area contributed by atoms with Crippen LogP contribution in [0.3, 0.4) is 0 Å². The number of carboxylic acid groups (broad SMARTS) is 1. The Kier molecular flexibility index (Phi) is 8.15. The van der Waals surface area contributed by atoms with Crippen LogP contribution in [0, 0.1) is 5.41 Å². The van der Waals surface area contributed by atoms with E-state index in [9.17, 15) is 24.3 Å². The van der Waals surface area contributed by atoms with E-state index in [1.807, 2.05) is 6.07 Å². The van der Waals surface area contributed by atoms with Crippen LogP contribution in [0.4, 0.5) is 0 Å². The number of nitrogens with one attached hydrogen (secondary N) is 1. The largest absolute Gasteiger partial charge is 0.484 e. The fraction of sp³-hybridized carbons (Fsp3) is 0.565. The van der Waals surface area contributed by atoms with Crippen molar-refractivity contribution in [1.29, 1.82) is 0 Å². The van der Waals surface area contributed by atoms with Crippen molar-refractivity contribution in [2.45, 2.75) is 56.1 Å². The fourth-order valence-electron chi connectivity index (χ4n) is 3.85. The van der Waals surface area contributed by atoms with Gasteiger partial charge in [0.15, 0.2) is 12.4 Å². The molecule has 2 fully saturated rings.